The molecule has 2 atom stereocenters. The molecule has 7 heteroatoms. The van der Waals surface area contributed by atoms with E-state index in [2.05, 4.69) is 5.32 Å². The van der Waals surface area contributed by atoms with Crippen molar-refractivity contribution in [2.45, 2.75) is 31.6 Å². The van der Waals surface area contributed by atoms with E-state index in [0.717, 1.165) is 11.4 Å². The summed E-state index contributed by atoms with van der Waals surface area (Å²) in [5.74, 6) is -0.805. The molecule has 0 aliphatic carbocycles. The van der Waals surface area contributed by atoms with Crippen molar-refractivity contribution >= 4 is 28.9 Å². The maximum Gasteiger partial charge on any atom is 0.227 e. The van der Waals surface area contributed by atoms with E-state index >= 15 is 0 Å². The number of ether oxygens (including phenoxy) is 1. The van der Waals surface area contributed by atoms with E-state index in [9.17, 15) is 14.7 Å². The molecular formula is C20H23N3O4. The lowest BCUT2D eigenvalue weighted by Crippen LogP contribution is -2.45. The Kier molecular flexibility index (Phi) is 6.05. The van der Waals surface area contributed by atoms with E-state index < -0.39 is 18.2 Å². The lowest BCUT2D eigenvalue weighted by Gasteiger charge is -2.30. The van der Waals surface area contributed by atoms with Crippen LogP contribution in [0.15, 0.2) is 54.6 Å². The topological polar surface area (TPSA) is 105 Å². The second-order valence-electron chi connectivity index (χ2n) is 6.39. The summed E-state index contributed by atoms with van der Waals surface area (Å²) in [6.07, 6.45) is -0.576. The Labute approximate surface area is 157 Å². The van der Waals surface area contributed by atoms with Gasteiger partial charge in [-0.15, -0.1) is 0 Å². The van der Waals surface area contributed by atoms with Crippen molar-refractivity contribution in [2.24, 2.45) is 5.73 Å². The summed E-state index contributed by atoms with van der Waals surface area (Å²) in [5.41, 5.74) is 7.63. The fourth-order valence-corrected chi connectivity index (χ4v) is 3.08. The predicted molar refractivity (Wildman–Crippen MR) is 102 cm³/mol. The Morgan fingerprint density at radius 3 is 2.33 bits per heavy atom. The van der Waals surface area contributed by atoms with Crippen LogP contribution in [0, 0.1) is 0 Å². The van der Waals surface area contributed by atoms with Crippen molar-refractivity contribution in [2.75, 3.05) is 16.8 Å². The van der Waals surface area contributed by atoms with Crippen LogP contribution in [0.3, 0.4) is 0 Å². The standard InChI is InChI=1S/C20H23N3O4/c21-18(24)10-11-19(25)23(17-12-13-27-20(17)26)16-8-6-15(7-9-16)22-14-4-2-1-3-5-14/h1-9,17,20,22,26H,10-13H2,(H2,21,24)/t17-,20?/m0/s1. The number of benzene rings is 2. The van der Waals surface area contributed by atoms with Gasteiger partial charge in [-0.3, -0.25) is 9.59 Å². The molecule has 1 aliphatic heterocycles. The van der Waals surface area contributed by atoms with Crippen LogP contribution in [0.25, 0.3) is 0 Å². The first-order valence-corrected chi connectivity index (χ1v) is 8.87. The SMILES string of the molecule is NC(=O)CCC(=O)N(c1ccc(Nc2ccccc2)cc1)[C@H]1CCOC1O. The predicted octanol–water partition coefficient (Wildman–Crippen LogP) is 2.14. The maximum absolute atomic E-state index is 12.7. The number of nitrogens with zero attached hydrogens (tertiary/aromatic N) is 1. The van der Waals surface area contributed by atoms with Gasteiger partial charge in [0.1, 0.15) is 0 Å². The number of anilines is 3. The summed E-state index contributed by atoms with van der Waals surface area (Å²) in [4.78, 5) is 25.2. The van der Waals surface area contributed by atoms with Gasteiger partial charge in [-0.1, -0.05) is 18.2 Å². The van der Waals surface area contributed by atoms with Crippen LogP contribution in [-0.4, -0.2) is 35.9 Å². The number of primary amides is 1. The first-order valence-electron chi connectivity index (χ1n) is 8.87. The van der Waals surface area contributed by atoms with Gasteiger partial charge >= 0.3 is 0 Å². The summed E-state index contributed by atoms with van der Waals surface area (Å²) in [5, 5.41) is 13.4. The van der Waals surface area contributed by atoms with Gasteiger partial charge in [0, 0.05) is 29.9 Å². The summed E-state index contributed by atoms with van der Waals surface area (Å²) >= 11 is 0. The average molecular weight is 369 g/mol. The molecule has 1 heterocycles. The van der Waals surface area contributed by atoms with Crippen LogP contribution < -0.4 is 16.0 Å². The van der Waals surface area contributed by atoms with Crippen LogP contribution >= 0.6 is 0 Å². The molecule has 142 valence electrons. The van der Waals surface area contributed by atoms with Gasteiger partial charge in [0.15, 0.2) is 6.29 Å². The number of rotatable bonds is 7. The molecule has 2 aromatic carbocycles. The number of nitrogens with one attached hydrogen (secondary N) is 1. The third-order valence-electron chi connectivity index (χ3n) is 4.42. The first-order chi connectivity index (χ1) is 13.0. The van der Waals surface area contributed by atoms with E-state index in [1.165, 1.54) is 4.90 Å². The molecule has 2 amide bonds. The summed E-state index contributed by atoms with van der Waals surface area (Å²) in [6.45, 7) is 0.374. The second kappa shape index (κ2) is 8.66. The zero-order chi connectivity index (χ0) is 19.2. The van der Waals surface area contributed by atoms with E-state index in [4.69, 9.17) is 10.5 Å². The minimum Gasteiger partial charge on any atom is -0.370 e. The van der Waals surface area contributed by atoms with Gasteiger partial charge in [-0.05, 0) is 42.8 Å². The molecule has 7 nitrogen and oxygen atoms in total. The zero-order valence-corrected chi connectivity index (χ0v) is 14.9. The number of para-hydroxylation sites is 1. The number of carbonyl (C=O) groups excluding carboxylic acids is 2. The van der Waals surface area contributed by atoms with Gasteiger partial charge in [-0.2, -0.15) is 0 Å². The highest BCUT2D eigenvalue weighted by Crippen LogP contribution is 2.28. The van der Waals surface area contributed by atoms with Crippen molar-refractivity contribution in [3.05, 3.63) is 54.6 Å². The molecule has 2 aromatic rings. The fraction of sp³-hybridized carbons (Fsp3) is 0.300. The second-order valence-corrected chi connectivity index (χ2v) is 6.39. The summed E-state index contributed by atoms with van der Waals surface area (Å²) < 4.78 is 5.20. The maximum atomic E-state index is 12.7. The van der Waals surface area contributed by atoms with Gasteiger partial charge < -0.3 is 25.8 Å². The highest BCUT2D eigenvalue weighted by Gasteiger charge is 2.35. The molecule has 3 rings (SSSR count). The average Bonchev–Trinajstić information content (AvgIpc) is 3.08. The number of hydrogen-bond donors (Lipinski definition) is 3. The molecule has 0 bridgehead atoms. The normalized spacial score (nSPS) is 18.9. The monoisotopic (exact) mass is 369 g/mol. The van der Waals surface area contributed by atoms with Crippen LogP contribution in [0.2, 0.25) is 0 Å². The van der Waals surface area contributed by atoms with Crippen molar-refractivity contribution in [1.29, 1.82) is 0 Å². The number of amides is 2. The third kappa shape index (κ3) is 4.84. The molecule has 1 aliphatic rings. The van der Waals surface area contributed by atoms with E-state index in [-0.39, 0.29) is 18.7 Å². The molecule has 1 saturated heterocycles. The van der Waals surface area contributed by atoms with Crippen molar-refractivity contribution in [3.63, 3.8) is 0 Å². The summed E-state index contributed by atoms with van der Waals surface area (Å²) in [7, 11) is 0. The molecule has 1 unspecified atom stereocenters. The number of aliphatic hydroxyl groups excluding tert-OH is 1. The van der Waals surface area contributed by atoms with Crippen LogP contribution in [-0.2, 0) is 14.3 Å². The molecule has 0 saturated carbocycles. The highest BCUT2D eigenvalue weighted by atomic mass is 16.6. The van der Waals surface area contributed by atoms with Crippen LogP contribution in [0.1, 0.15) is 19.3 Å². The quantitative estimate of drug-likeness (QED) is 0.693. The van der Waals surface area contributed by atoms with Crippen molar-refractivity contribution < 1.29 is 19.4 Å². The van der Waals surface area contributed by atoms with Crippen molar-refractivity contribution in [1.82, 2.24) is 0 Å². The largest absolute Gasteiger partial charge is 0.370 e. The molecule has 1 fully saturated rings. The van der Waals surface area contributed by atoms with Gasteiger partial charge in [0.05, 0.1) is 12.6 Å². The van der Waals surface area contributed by atoms with Crippen LogP contribution in [0.4, 0.5) is 17.1 Å². The third-order valence-corrected chi connectivity index (χ3v) is 4.42. The number of hydrogen-bond acceptors (Lipinski definition) is 5. The Hall–Kier alpha value is -2.90. The Bertz CT molecular complexity index is 780. The Balaban J connectivity index is 1.78. The van der Waals surface area contributed by atoms with Crippen molar-refractivity contribution in [3.8, 4) is 0 Å². The molecular weight excluding hydrogens is 346 g/mol. The van der Waals surface area contributed by atoms with E-state index in [1.54, 1.807) is 12.1 Å². The van der Waals surface area contributed by atoms with E-state index in [0.29, 0.717) is 18.7 Å². The van der Waals surface area contributed by atoms with Gasteiger partial charge in [0.25, 0.3) is 0 Å². The minimum absolute atomic E-state index is 0.0113. The lowest BCUT2D eigenvalue weighted by molar-refractivity contribution is -0.125. The fourth-order valence-electron chi connectivity index (χ4n) is 3.08. The first kappa shape index (κ1) is 18.9. The lowest BCUT2D eigenvalue weighted by atomic mass is 10.1. The molecule has 27 heavy (non-hydrogen) atoms. The highest BCUT2D eigenvalue weighted by molar-refractivity contribution is 5.96. The Morgan fingerprint density at radius 2 is 1.74 bits per heavy atom. The smallest absolute Gasteiger partial charge is 0.227 e. The Morgan fingerprint density at radius 1 is 1.07 bits per heavy atom. The van der Waals surface area contributed by atoms with Crippen LogP contribution in [0.5, 0.6) is 0 Å². The summed E-state index contributed by atoms with van der Waals surface area (Å²) in [6, 6.07) is 16.6. The minimum atomic E-state index is -1.05. The number of aliphatic hydroxyl groups is 1. The zero-order valence-electron chi connectivity index (χ0n) is 14.9. The number of nitrogens with two attached hydrogens (primary N) is 1. The molecule has 0 aromatic heterocycles. The molecule has 4 N–H and O–H groups in total. The van der Waals surface area contributed by atoms with Gasteiger partial charge in [-0.25, -0.2) is 0 Å². The van der Waals surface area contributed by atoms with Gasteiger partial charge in [0.2, 0.25) is 11.8 Å². The van der Waals surface area contributed by atoms with E-state index in [1.807, 2.05) is 42.5 Å². The number of carbonyl (C=O) groups is 2. The molecule has 0 radical (unpaired) electrons. The molecule has 0 spiro atoms.